The minimum Gasteiger partial charge on any atom is -0.307 e. The zero-order valence-corrected chi connectivity index (χ0v) is 14.1. The zero-order valence-electron chi connectivity index (χ0n) is 12.4. The summed E-state index contributed by atoms with van der Waals surface area (Å²) in [4.78, 5) is 2.68. The molecule has 0 aliphatic carbocycles. The molecule has 1 aliphatic heterocycles. The van der Waals surface area contributed by atoms with Gasteiger partial charge in [-0.2, -0.15) is 0 Å². The summed E-state index contributed by atoms with van der Waals surface area (Å²) in [6, 6.07) is 5.08. The normalized spacial score (nSPS) is 20.1. The van der Waals surface area contributed by atoms with E-state index >= 15 is 0 Å². The van der Waals surface area contributed by atoms with E-state index in [2.05, 4.69) is 31.3 Å². The van der Waals surface area contributed by atoms with E-state index < -0.39 is 10.0 Å². The fourth-order valence-corrected chi connectivity index (χ4v) is 4.63. The van der Waals surface area contributed by atoms with Crippen molar-refractivity contribution in [2.45, 2.75) is 45.7 Å². The van der Waals surface area contributed by atoms with Crippen LogP contribution in [0.4, 0.5) is 0 Å². The van der Waals surface area contributed by atoms with Gasteiger partial charge in [-0.25, -0.2) is 12.7 Å². The third-order valence-electron chi connectivity index (χ3n) is 3.89. The fraction of sp³-hybridized carbons (Fsp3) is 0.714. The number of thiophene rings is 1. The third kappa shape index (κ3) is 3.81. The highest BCUT2D eigenvalue weighted by Gasteiger charge is 2.27. The van der Waals surface area contributed by atoms with Crippen molar-refractivity contribution in [3.8, 4) is 0 Å². The van der Waals surface area contributed by atoms with Crippen molar-refractivity contribution in [2.24, 2.45) is 0 Å². The van der Waals surface area contributed by atoms with Crippen LogP contribution in [-0.4, -0.2) is 37.6 Å². The molecule has 0 amide bonds. The second-order valence-electron chi connectivity index (χ2n) is 5.41. The van der Waals surface area contributed by atoms with E-state index in [1.165, 1.54) is 9.75 Å². The maximum atomic E-state index is 11.8. The van der Waals surface area contributed by atoms with E-state index in [1.807, 2.05) is 11.3 Å². The maximum Gasteiger partial charge on any atom is 0.213 e. The number of hydrogen-bond acceptors (Lipinski definition) is 4. The number of aryl methyl sites for hydroxylation is 1. The van der Waals surface area contributed by atoms with Crippen LogP contribution < -0.4 is 5.32 Å². The molecule has 1 saturated heterocycles. The number of piperidine rings is 1. The Bertz CT molecular complexity index is 531. The summed E-state index contributed by atoms with van der Waals surface area (Å²) in [5, 5.41) is 3.63. The first-order chi connectivity index (χ1) is 9.42. The summed E-state index contributed by atoms with van der Waals surface area (Å²) >= 11 is 1.82. The van der Waals surface area contributed by atoms with Crippen LogP contribution in [0.1, 0.15) is 42.5 Å². The van der Waals surface area contributed by atoms with Gasteiger partial charge in [-0.05, 0) is 45.7 Å². The molecular weight excluding hydrogens is 292 g/mol. The van der Waals surface area contributed by atoms with Gasteiger partial charge in [0, 0.05) is 34.9 Å². The zero-order chi connectivity index (χ0) is 14.8. The third-order valence-corrected chi connectivity index (χ3v) is 6.95. The van der Waals surface area contributed by atoms with Crippen molar-refractivity contribution in [1.29, 1.82) is 0 Å². The van der Waals surface area contributed by atoms with Gasteiger partial charge in [0.1, 0.15) is 0 Å². The van der Waals surface area contributed by atoms with Gasteiger partial charge in [0.15, 0.2) is 0 Å². The molecule has 1 atom stereocenters. The average Bonchev–Trinajstić information content (AvgIpc) is 2.86. The predicted octanol–water partition coefficient (Wildman–Crippen LogP) is 2.52. The number of nitrogens with one attached hydrogen (secondary N) is 1. The topological polar surface area (TPSA) is 49.4 Å². The molecule has 114 valence electrons. The molecule has 0 radical (unpaired) electrons. The Hall–Kier alpha value is -0.430. The van der Waals surface area contributed by atoms with Crippen molar-refractivity contribution in [2.75, 3.05) is 18.8 Å². The van der Waals surface area contributed by atoms with Crippen molar-refractivity contribution in [1.82, 2.24) is 9.62 Å². The second kappa shape index (κ2) is 6.56. The largest absolute Gasteiger partial charge is 0.307 e. The molecule has 1 aromatic heterocycles. The first-order valence-electron chi connectivity index (χ1n) is 7.22. The van der Waals surface area contributed by atoms with Crippen LogP contribution in [0.5, 0.6) is 0 Å². The maximum absolute atomic E-state index is 11.8. The van der Waals surface area contributed by atoms with E-state index in [1.54, 1.807) is 11.2 Å². The molecule has 0 saturated carbocycles. The molecule has 1 fully saturated rings. The lowest BCUT2D eigenvalue weighted by molar-refractivity contribution is 0.278. The minimum atomic E-state index is -3.01. The lowest BCUT2D eigenvalue weighted by Gasteiger charge is -2.32. The van der Waals surface area contributed by atoms with Crippen LogP contribution >= 0.6 is 11.3 Å². The molecule has 0 spiro atoms. The monoisotopic (exact) mass is 316 g/mol. The van der Waals surface area contributed by atoms with E-state index in [0.29, 0.717) is 25.2 Å². The number of sulfonamides is 1. The van der Waals surface area contributed by atoms with Crippen LogP contribution in [0.2, 0.25) is 0 Å². The van der Waals surface area contributed by atoms with Crippen molar-refractivity contribution < 1.29 is 8.42 Å². The highest BCUT2D eigenvalue weighted by Crippen LogP contribution is 2.24. The molecule has 1 aliphatic rings. The molecule has 2 heterocycles. The van der Waals surface area contributed by atoms with Gasteiger partial charge in [-0.15, -0.1) is 11.3 Å². The van der Waals surface area contributed by atoms with Crippen LogP contribution in [0.25, 0.3) is 0 Å². The van der Waals surface area contributed by atoms with Crippen LogP contribution in [0.15, 0.2) is 12.1 Å². The molecule has 0 bridgehead atoms. The summed E-state index contributed by atoms with van der Waals surface area (Å²) in [7, 11) is -3.01. The number of hydrogen-bond donors (Lipinski definition) is 1. The smallest absolute Gasteiger partial charge is 0.213 e. The van der Waals surface area contributed by atoms with Gasteiger partial charge < -0.3 is 5.32 Å². The lowest BCUT2D eigenvalue weighted by atomic mass is 10.1. The molecular formula is C14H24N2O2S2. The van der Waals surface area contributed by atoms with Gasteiger partial charge in [-0.1, -0.05) is 0 Å². The van der Waals surface area contributed by atoms with Gasteiger partial charge in [0.2, 0.25) is 10.0 Å². The van der Waals surface area contributed by atoms with Crippen molar-refractivity contribution in [3.63, 3.8) is 0 Å². The van der Waals surface area contributed by atoms with E-state index in [-0.39, 0.29) is 5.75 Å². The van der Waals surface area contributed by atoms with Crippen LogP contribution in [0, 0.1) is 6.92 Å². The van der Waals surface area contributed by atoms with Gasteiger partial charge >= 0.3 is 0 Å². The van der Waals surface area contributed by atoms with E-state index in [4.69, 9.17) is 0 Å². The molecule has 6 heteroatoms. The SMILES string of the molecule is CCS(=O)(=O)N1CCC(NC(C)c2ccc(C)s2)CC1. The Labute approximate surface area is 126 Å². The minimum absolute atomic E-state index is 0.204. The van der Waals surface area contributed by atoms with Gasteiger partial charge in [0.25, 0.3) is 0 Å². The molecule has 20 heavy (non-hydrogen) atoms. The first-order valence-corrected chi connectivity index (χ1v) is 9.65. The lowest BCUT2D eigenvalue weighted by Crippen LogP contribution is -2.45. The Morgan fingerprint density at radius 2 is 2.05 bits per heavy atom. The predicted molar refractivity (Wildman–Crippen MR) is 84.7 cm³/mol. The number of nitrogens with zero attached hydrogens (tertiary/aromatic N) is 1. The average molecular weight is 316 g/mol. The Morgan fingerprint density at radius 3 is 2.55 bits per heavy atom. The van der Waals surface area contributed by atoms with Gasteiger partial charge in [0.05, 0.1) is 5.75 Å². The molecule has 0 aromatic carbocycles. The molecule has 2 rings (SSSR count). The van der Waals surface area contributed by atoms with Crippen molar-refractivity contribution >= 4 is 21.4 Å². The first kappa shape index (κ1) is 15.9. The van der Waals surface area contributed by atoms with Crippen LogP contribution in [-0.2, 0) is 10.0 Å². The Balaban J connectivity index is 1.86. The molecule has 1 aromatic rings. The molecule has 4 nitrogen and oxygen atoms in total. The molecule has 1 N–H and O–H groups in total. The summed E-state index contributed by atoms with van der Waals surface area (Å²) in [5.74, 6) is 0.204. The van der Waals surface area contributed by atoms with Gasteiger partial charge in [-0.3, -0.25) is 0 Å². The van der Waals surface area contributed by atoms with E-state index in [0.717, 1.165) is 12.8 Å². The summed E-state index contributed by atoms with van der Waals surface area (Å²) in [5.41, 5.74) is 0. The highest BCUT2D eigenvalue weighted by atomic mass is 32.2. The Kier molecular flexibility index (Phi) is 5.23. The quantitative estimate of drug-likeness (QED) is 0.908. The Morgan fingerprint density at radius 1 is 1.40 bits per heavy atom. The standard InChI is InChI=1S/C14H24N2O2S2/c1-4-20(17,18)16-9-7-13(8-10-16)15-12(3)14-6-5-11(2)19-14/h5-6,12-13,15H,4,7-10H2,1-3H3. The van der Waals surface area contributed by atoms with E-state index in [9.17, 15) is 8.42 Å². The molecule has 1 unspecified atom stereocenters. The highest BCUT2D eigenvalue weighted by molar-refractivity contribution is 7.89. The van der Waals surface area contributed by atoms with Crippen LogP contribution in [0.3, 0.4) is 0 Å². The second-order valence-corrected chi connectivity index (χ2v) is 8.99. The summed E-state index contributed by atoms with van der Waals surface area (Å²) in [6.07, 6.45) is 1.79. The van der Waals surface area contributed by atoms with Crippen molar-refractivity contribution in [3.05, 3.63) is 21.9 Å². The number of rotatable bonds is 5. The fourth-order valence-electron chi connectivity index (χ4n) is 2.61. The summed E-state index contributed by atoms with van der Waals surface area (Å²) < 4.78 is 25.3. The summed E-state index contributed by atoms with van der Waals surface area (Å²) in [6.45, 7) is 7.30.